The van der Waals surface area contributed by atoms with E-state index in [-0.39, 0.29) is 32.6 Å². The van der Waals surface area contributed by atoms with Gasteiger partial charge in [0.2, 0.25) is 10.0 Å². The molecule has 1 amide bonds. The van der Waals surface area contributed by atoms with E-state index in [1.165, 1.54) is 42.6 Å². The smallest absolute Gasteiger partial charge is 0.255 e. The van der Waals surface area contributed by atoms with Gasteiger partial charge in [0, 0.05) is 37.8 Å². The number of rotatable bonds is 10. The van der Waals surface area contributed by atoms with Crippen LogP contribution in [0.25, 0.3) is 11.0 Å². The summed E-state index contributed by atoms with van der Waals surface area (Å²) in [6.45, 7) is 6.18. The number of fused-ring (bicyclic) bond motifs is 3. The number of imidazole rings is 1. The number of para-hydroxylation sites is 2. The zero-order valence-electron chi connectivity index (χ0n) is 28.2. The van der Waals surface area contributed by atoms with Gasteiger partial charge >= 0.3 is 0 Å². The molecule has 0 spiro atoms. The van der Waals surface area contributed by atoms with Crippen LogP contribution in [0.4, 0.5) is 4.39 Å². The molecule has 3 aliphatic rings. The van der Waals surface area contributed by atoms with E-state index in [9.17, 15) is 17.6 Å². The normalized spacial score (nSPS) is 22.5. The van der Waals surface area contributed by atoms with Crippen molar-refractivity contribution in [1.29, 1.82) is 0 Å². The molecule has 3 aliphatic heterocycles. The molecule has 0 radical (unpaired) electrons. The zero-order valence-corrected chi connectivity index (χ0v) is 29.8. The van der Waals surface area contributed by atoms with Crippen LogP contribution < -0.4 is 4.72 Å². The van der Waals surface area contributed by atoms with Crippen molar-refractivity contribution >= 4 is 38.6 Å². The van der Waals surface area contributed by atoms with Crippen molar-refractivity contribution in [3.8, 4) is 0 Å². The fourth-order valence-corrected chi connectivity index (χ4v) is 10.1. The highest BCUT2D eigenvalue weighted by Crippen LogP contribution is 2.45. The summed E-state index contributed by atoms with van der Waals surface area (Å²) in [5.74, 6) is 0.543. The van der Waals surface area contributed by atoms with Crippen LogP contribution >= 0.6 is 11.6 Å². The molecule has 2 bridgehead atoms. The summed E-state index contributed by atoms with van der Waals surface area (Å²) >= 11 is 6.47. The number of carbonyl (C=O) groups is 1. The third kappa shape index (κ3) is 6.65. The molecule has 4 heterocycles. The van der Waals surface area contributed by atoms with Crippen LogP contribution in [0, 0.1) is 12.7 Å². The molecular weight excluding hydrogens is 661 g/mol. The predicted molar refractivity (Wildman–Crippen MR) is 191 cm³/mol. The molecule has 8 nitrogen and oxygen atoms in total. The summed E-state index contributed by atoms with van der Waals surface area (Å²) in [6, 6.07) is 21.1. The molecule has 0 aliphatic carbocycles. The number of carbonyl (C=O) groups excluding carboxylic acids is 1. The first-order valence-electron chi connectivity index (χ1n) is 17.6. The monoisotopic (exact) mass is 705 g/mol. The summed E-state index contributed by atoms with van der Waals surface area (Å²) in [5, 5.41) is 0.221. The van der Waals surface area contributed by atoms with E-state index >= 15 is 0 Å². The van der Waals surface area contributed by atoms with Crippen molar-refractivity contribution in [2.75, 3.05) is 26.2 Å². The van der Waals surface area contributed by atoms with Gasteiger partial charge in [0.15, 0.2) is 0 Å². The minimum Gasteiger partial charge on any atom is -0.339 e. The molecule has 11 heteroatoms. The number of amides is 1. The topological polar surface area (TPSA) is 87.5 Å². The maximum atomic E-state index is 14.7. The van der Waals surface area contributed by atoms with E-state index < -0.39 is 10.0 Å². The Morgan fingerprint density at radius 3 is 2.45 bits per heavy atom. The second kappa shape index (κ2) is 13.8. The molecule has 7 rings (SSSR count). The summed E-state index contributed by atoms with van der Waals surface area (Å²) in [6.07, 6.45) is 7.45. The summed E-state index contributed by atoms with van der Waals surface area (Å²) in [7, 11) is -3.76. The SMILES string of the molecule is CCCNS(=O)(=O)c1ccc(Cl)c(C(=O)N2CCC(CCN3[C@@H]4CC[C@H]3CC(n3c(C)nc5ccccc53)C4)(c3cccc(F)c3)CC2)c1. The molecule has 4 aromatic rings. The van der Waals surface area contributed by atoms with E-state index in [0.717, 1.165) is 42.7 Å². The average molecular weight is 706 g/mol. The van der Waals surface area contributed by atoms with Gasteiger partial charge in [0.1, 0.15) is 11.6 Å². The van der Waals surface area contributed by atoms with Crippen molar-refractivity contribution in [3.05, 3.63) is 94.5 Å². The molecule has 1 N–H and O–H groups in total. The number of piperidine rings is 2. The van der Waals surface area contributed by atoms with Gasteiger partial charge in [0.05, 0.1) is 26.5 Å². The van der Waals surface area contributed by atoms with E-state index in [4.69, 9.17) is 16.6 Å². The van der Waals surface area contributed by atoms with Gasteiger partial charge in [-0.15, -0.1) is 0 Å². The Balaban J connectivity index is 1.07. The quantitative estimate of drug-likeness (QED) is 0.188. The van der Waals surface area contributed by atoms with Crippen LogP contribution in [0.15, 0.2) is 71.6 Å². The van der Waals surface area contributed by atoms with Gasteiger partial charge in [-0.25, -0.2) is 22.5 Å². The van der Waals surface area contributed by atoms with Crippen molar-refractivity contribution in [1.82, 2.24) is 24.1 Å². The lowest BCUT2D eigenvalue weighted by atomic mass is 9.70. The van der Waals surface area contributed by atoms with E-state index in [1.54, 1.807) is 17.0 Å². The van der Waals surface area contributed by atoms with Gasteiger partial charge in [-0.1, -0.05) is 42.8 Å². The predicted octanol–water partition coefficient (Wildman–Crippen LogP) is 7.26. The number of hydrogen-bond donors (Lipinski definition) is 1. The van der Waals surface area contributed by atoms with E-state index in [0.29, 0.717) is 57.0 Å². The Labute approximate surface area is 293 Å². The third-order valence-corrected chi connectivity index (χ3v) is 13.1. The number of aromatic nitrogens is 2. The van der Waals surface area contributed by atoms with Gasteiger partial charge in [-0.05, 0) is 118 Å². The number of likely N-dealkylation sites (tertiary alicyclic amines) is 1. The molecule has 1 unspecified atom stereocenters. The maximum absolute atomic E-state index is 14.7. The molecule has 1 aromatic heterocycles. The van der Waals surface area contributed by atoms with Crippen molar-refractivity contribution < 1.29 is 17.6 Å². The molecule has 3 atom stereocenters. The highest BCUT2D eigenvalue weighted by Gasteiger charge is 2.44. The van der Waals surface area contributed by atoms with E-state index in [1.807, 2.05) is 19.1 Å². The number of sulfonamides is 1. The number of nitrogens with one attached hydrogen (secondary N) is 1. The highest BCUT2D eigenvalue weighted by atomic mass is 35.5. The van der Waals surface area contributed by atoms with Gasteiger partial charge in [-0.3, -0.25) is 9.69 Å². The van der Waals surface area contributed by atoms with E-state index in [2.05, 4.69) is 39.3 Å². The lowest BCUT2D eigenvalue weighted by molar-refractivity contribution is 0.0606. The third-order valence-electron chi connectivity index (χ3n) is 11.3. The lowest BCUT2D eigenvalue weighted by Gasteiger charge is -2.45. The van der Waals surface area contributed by atoms with Gasteiger partial charge in [-0.2, -0.15) is 0 Å². The summed E-state index contributed by atoms with van der Waals surface area (Å²) < 4.78 is 45.3. The largest absolute Gasteiger partial charge is 0.339 e. The maximum Gasteiger partial charge on any atom is 0.255 e. The Morgan fingerprint density at radius 1 is 1.00 bits per heavy atom. The van der Waals surface area contributed by atoms with Crippen molar-refractivity contribution in [2.24, 2.45) is 0 Å². The van der Waals surface area contributed by atoms with Crippen LogP contribution in [0.2, 0.25) is 5.02 Å². The Bertz CT molecular complexity index is 1940. The van der Waals surface area contributed by atoms with Crippen LogP contribution in [0.1, 0.15) is 86.1 Å². The minimum absolute atomic E-state index is 0.0228. The average Bonchev–Trinajstić information content (AvgIpc) is 3.56. The van der Waals surface area contributed by atoms with Gasteiger partial charge < -0.3 is 9.47 Å². The zero-order chi connectivity index (χ0) is 34.3. The molecular formula is C38H45ClFN5O3S. The molecule has 3 aromatic carbocycles. The fourth-order valence-electron chi connectivity index (χ4n) is 8.76. The summed E-state index contributed by atoms with van der Waals surface area (Å²) in [5.41, 5.74) is 3.15. The Morgan fingerprint density at radius 2 is 1.73 bits per heavy atom. The molecule has 260 valence electrons. The fraction of sp³-hybridized carbons (Fsp3) is 0.474. The van der Waals surface area contributed by atoms with Crippen molar-refractivity contribution in [2.45, 2.75) is 93.7 Å². The molecule has 0 saturated carbocycles. The molecule has 49 heavy (non-hydrogen) atoms. The van der Waals surface area contributed by atoms with Crippen LogP contribution in [-0.4, -0.2) is 71.9 Å². The number of nitrogens with zero attached hydrogens (tertiary/aromatic N) is 4. The first-order chi connectivity index (χ1) is 23.6. The van der Waals surface area contributed by atoms with Crippen molar-refractivity contribution in [3.63, 3.8) is 0 Å². The summed E-state index contributed by atoms with van der Waals surface area (Å²) in [4.78, 5) is 23.1. The van der Waals surface area contributed by atoms with Crippen LogP contribution in [0.5, 0.6) is 0 Å². The first kappa shape index (κ1) is 34.2. The molecule has 3 fully saturated rings. The Hall–Kier alpha value is -3.31. The number of halogens is 2. The van der Waals surface area contributed by atoms with Crippen LogP contribution in [0.3, 0.4) is 0 Å². The lowest BCUT2D eigenvalue weighted by Crippen LogP contribution is -2.49. The first-order valence-corrected chi connectivity index (χ1v) is 19.5. The second-order valence-electron chi connectivity index (χ2n) is 14.1. The Kier molecular flexibility index (Phi) is 9.60. The van der Waals surface area contributed by atoms with Gasteiger partial charge in [0.25, 0.3) is 5.91 Å². The number of benzene rings is 3. The minimum atomic E-state index is -3.76. The van der Waals surface area contributed by atoms with Crippen LogP contribution in [-0.2, 0) is 15.4 Å². The molecule has 3 saturated heterocycles. The standard InChI is InChI=1S/C38H45ClFN5O3S/c1-3-18-41-49(47,48)32-13-14-34(39)33(25-32)37(46)43-19-15-38(16-20-43,27-7-6-8-28(40)22-27)17-21-44-29-11-12-30(44)24-31(23-29)45-26(2)42-35-9-4-5-10-36(35)45/h4-10,13-14,22,25,29-31,41H,3,11-12,15-21,23-24H2,1-2H3/t29-,30+,31?. The number of aryl methyl sites for hydroxylation is 1. The highest BCUT2D eigenvalue weighted by molar-refractivity contribution is 7.89. The number of hydrogen-bond acceptors (Lipinski definition) is 5. The second-order valence-corrected chi connectivity index (χ2v) is 16.3.